The van der Waals surface area contributed by atoms with Gasteiger partial charge >= 0.3 is 5.97 Å². The third-order valence-corrected chi connectivity index (χ3v) is 4.22. The highest BCUT2D eigenvalue weighted by molar-refractivity contribution is 14.1. The van der Waals surface area contributed by atoms with Gasteiger partial charge in [-0.05, 0) is 62.9 Å². The van der Waals surface area contributed by atoms with E-state index in [1.165, 1.54) is 25.2 Å². The Morgan fingerprint density at radius 3 is 2.71 bits per heavy atom. The highest BCUT2D eigenvalue weighted by atomic mass is 127. The lowest BCUT2D eigenvalue weighted by atomic mass is 9.85. The van der Waals surface area contributed by atoms with Crippen molar-refractivity contribution in [3.05, 3.63) is 30.4 Å². The van der Waals surface area contributed by atoms with E-state index in [0.717, 1.165) is 6.42 Å². The van der Waals surface area contributed by atoms with Crippen LogP contribution in [-0.2, 0) is 16.0 Å². The predicted octanol–water partition coefficient (Wildman–Crippen LogP) is 3.06. The first-order valence-electron chi connectivity index (χ1n) is 4.23. The van der Waals surface area contributed by atoms with E-state index in [1.54, 1.807) is 0 Å². The van der Waals surface area contributed by atoms with Crippen molar-refractivity contribution in [2.24, 2.45) is 0 Å². The molecule has 14 heavy (non-hydrogen) atoms. The van der Waals surface area contributed by atoms with Gasteiger partial charge in [-0.25, -0.2) is 0 Å². The van der Waals surface area contributed by atoms with E-state index in [4.69, 9.17) is 4.74 Å². The van der Waals surface area contributed by atoms with Crippen molar-refractivity contribution in [2.45, 2.75) is 19.4 Å². The number of halogens is 2. The van der Waals surface area contributed by atoms with Crippen LogP contribution in [0.25, 0.3) is 0 Å². The molecule has 4 heteroatoms. The molecule has 2 nitrogen and oxygen atoms in total. The SMILES string of the molecule is CC(=O)OC1Cc2c(I)ccc(I)c21. The molecule has 1 aromatic carbocycles. The summed E-state index contributed by atoms with van der Waals surface area (Å²) in [5, 5.41) is 0. The van der Waals surface area contributed by atoms with Crippen molar-refractivity contribution in [1.29, 1.82) is 0 Å². The normalized spacial score (nSPS) is 18.4. The van der Waals surface area contributed by atoms with Gasteiger partial charge in [-0.1, -0.05) is 0 Å². The third kappa shape index (κ3) is 1.78. The van der Waals surface area contributed by atoms with Gasteiger partial charge in [0.05, 0.1) is 0 Å². The fourth-order valence-electron chi connectivity index (χ4n) is 1.62. The fourth-order valence-corrected chi connectivity index (χ4v) is 3.17. The molecule has 0 saturated heterocycles. The van der Waals surface area contributed by atoms with E-state index in [9.17, 15) is 4.79 Å². The first-order chi connectivity index (χ1) is 6.59. The molecule has 0 bridgehead atoms. The Bertz CT molecular complexity index is 401. The summed E-state index contributed by atoms with van der Waals surface area (Å²) in [5.41, 5.74) is 2.54. The summed E-state index contributed by atoms with van der Waals surface area (Å²) in [4.78, 5) is 10.8. The molecule has 1 aromatic rings. The van der Waals surface area contributed by atoms with Gasteiger partial charge in [-0.3, -0.25) is 4.79 Å². The van der Waals surface area contributed by atoms with Crippen molar-refractivity contribution in [1.82, 2.24) is 0 Å². The number of rotatable bonds is 1. The Labute approximate surface area is 110 Å². The van der Waals surface area contributed by atoms with Crippen LogP contribution in [0.2, 0.25) is 0 Å². The lowest BCUT2D eigenvalue weighted by molar-refractivity contribution is -0.147. The minimum absolute atomic E-state index is 0.0101. The molecule has 1 atom stereocenters. The molecule has 1 aliphatic carbocycles. The molecule has 0 aliphatic heterocycles. The summed E-state index contributed by atoms with van der Waals surface area (Å²) in [6, 6.07) is 4.17. The molecular weight excluding hydrogens is 406 g/mol. The van der Waals surface area contributed by atoms with E-state index in [0.29, 0.717) is 0 Å². The first kappa shape index (κ1) is 10.7. The van der Waals surface area contributed by atoms with E-state index in [2.05, 4.69) is 57.3 Å². The molecule has 0 radical (unpaired) electrons. The van der Waals surface area contributed by atoms with E-state index in [1.807, 2.05) is 0 Å². The summed E-state index contributed by atoms with van der Waals surface area (Å²) in [5.74, 6) is -0.199. The van der Waals surface area contributed by atoms with Gasteiger partial charge in [-0.15, -0.1) is 0 Å². The van der Waals surface area contributed by atoms with Gasteiger partial charge in [-0.2, -0.15) is 0 Å². The average molecular weight is 414 g/mol. The van der Waals surface area contributed by atoms with Crippen molar-refractivity contribution < 1.29 is 9.53 Å². The number of fused-ring (bicyclic) bond motifs is 1. The Morgan fingerprint density at radius 2 is 2.07 bits per heavy atom. The predicted molar refractivity (Wildman–Crippen MR) is 70.1 cm³/mol. The molecule has 0 heterocycles. The number of hydrogen-bond donors (Lipinski definition) is 0. The quantitative estimate of drug-likeness (QED) is 0.522. The Balaban J connectivity index is 2.32. The number of hydrogen-bond acceptors (Lipinski definition) is 2. The number of carbonyl (C=O) groups excluding carboxylic acids is 1. The largest absolute Gasteiger partial charge is 0.457 e. The maximum absolute atomic E-state index is 10.8. The van der Waals surface area contributed by atoms with E-state index < -0.39 is 0 Å². The summed E-state index contributed by atoms with van der Waals surface area (Å²) in [6.07, 6.45) is 0.855. The Kier molecular flexibility index (Phi) is 3.01. The highest BCUT2D eigenvalue weighted by Crippen LogP contribution is 2.41. The molecular formula is C10H8I2O2. The van der Waals surface area contributed by atoms with Gasteiger partial charge < -0.3 is 4.74 Å². The maximum atomic E-state index is 10.8. The summed E-state index contributed by atoms with van der Waals surface area (Å²) >= 11 is 4.60. The van der Waals surface area contributed by atoms with Crippen LogP contribution in [0.15, 0.2) is 12.1 Å². The number of carbonyl (C=O) groups is 1. The lowest BCUT2D eigenvalue weighted by Gasteiger charge is -2.31. The summed E-state index contributed by atoms with van der Waals surface area (Å²) in [6.45, 7) is 1.46. The zero-order valence-corrected chi connectivity index (χ0v) is 11.8. The van der Waals surface area contributed by atoms with Gasteiger partial charge in [0.1, 0.15) is 6.10 Å². The third-order valence-electron chi connectivity index (χ3n) is 2.27. The van der Waals surface area contributed by atoms with Crippen molar-refractivity contribution in [3.63, 3.8) is 0 Å². The molecule has 0 fully saturated rings. The first-order valence-corrected chi connectivity index (χ1v) is 6.39. The lowest BCUT2D eigenvalue weighted by Crippen LogP contribution is -2.24. The minimum Gasteiger partial charge on any atom is -0.457 e. The molecule has 1 unspecified atom stereocenters. The molecule has 74 valence electrons. The van der Waals surface area contributed by atoms with Crippen molar-refractivity contribution >= 4 is 51.2 Å². The monoisotopic (exact) mass is 414 g/mol. The van der Waals surface area contributed by atoms with Crippen LogP contribution >= 0.6 is 45.2 Å². The second kappa shape index (κ2) is 3.96. The zero-order valence-electron chi connectivity index (χ0n) is 7.51. The summed E-state index contributed by atoms with van der Waals surface area (Å²) in [7, 11) is 0. The van der Waals surface area contributed by atoms with Gasteiger partial charge in [0.15, 0.2) is 0 Å². The smallest absolute Gasteiger partial charge is 0.303 e. The van der Waals surface area contributed by atoms with E-state index >= 15 is 0 Å². The van der Waals surface area contributed by atoms with Crippen LogP contribution in [0, 0.1) is 7.14 Å². The van der Waals surface area contributed by atoms with Crippen molar-refractivity contribution in [3.8, 4) is 0 Å². The van der Waals surface area contributed by atoms with E-state index in [-0.39, 0.29) is 12.1 Å². The molecule has 0 aromatic heterocycles. The summed E-state index contributed by atoms with van der Waals surface area (Å²) < 4.78 is 7.66. The minimum atomic E-state index is -0.199. The number of benzene rings is 1. The number of esters is 1. The maximum Gasteiger partial charge on any atom is 0.303 e. The van der Waals surface area contributed by atoms with Crippen LogP contribution < -0.4 is 0 Å². The standard InChI is InChI=1S/C10H8I2O2/c1-5(13)14-9-4-6-7(11)2-3-8(12)10(6)9/h2-3,9H,4H2,1H3. The topological polar surface area (TPSA) is 26.3 Å². The van der Waals surface area contributed by atoms with Crippen molar-refractivity contribution in [2.75, 3.05) is 0 Å². The molecule has 0 saturated carbocycles. The van der Waals surface area contributed by atoms with Crippen LogP contribution in [-0.4, -0.2) is 5.97 Å². The fraction of sp³-hybridized carbons (Fsp3) is 0.300. The van der Waals surface area contributed by atoms with Crippen LogP contribution in [0.5, 0.6) is 0 Å². The Hall–Kier alpha value is 0.150. The zero-order chi connectivity index (χ0) is 10.3. The molecule has 0 spiro atoms. The van der Waals surface area contributed by atoms with Crippen LogP contribution in [0.4, 0.5) is 0 Å². The van der Waals surface area contributed by atoms with Gasteiger partial charge in [0.25, 0.3) is 0 Å². The second-order valence-corrected chi connectivity index (χ2v) is 5.55. The highest BCUT2D eigenvalue weighted by Gasteiger charge is 2.32. The van der Waals surface area contributed by atoms with Gasteiger partial charge in [0, 0.05) is 26.0 Å². The van der Waals surface area contributed by atoms with Crippen LogP contribution in [0.1, 0.15) is 24.2 Å². The Morgan fingerprint density at radius 1 is 1.43 bits per heavy atom. The number of ether oxygens (including phenoxy) is 1. The molecule has 1 aliphatic rings. The van der Waals surface area contributed by atoms with Gasteiger partial charge in [0.2, 0.25) is 0 Å². The second-order valence-electron chi connectivity index (χ2n) is 3.22. The molecule has 0 N–H and O–H groups in total. The molecule has 2 rings (SSSR count). The van der Waals surface area contributed by atoms with Crippen LogP contribution in [0.3, 0.4) is 0 Å². The average Bonchev–Trinajstić information content (AvgIpc) is 2.05. The molecule has 0 amide bonds.